The van der Waals surface area contributed by atoms with E-state index >= 15 is 0 Å². The lowest BCUT2D eigenvalue weighted by atomic mass is 9.56. The van der Waals surface area contributed by atoms with Crippen molar-refractivity contribution in [3.8, 4) is 44.5 Å². The fraction of sp³-hybridized carbons (Fsp3) is 0.116. The molecule has 0 fully saturated rings. The van der Waals surface area contributed by atoms with Crippen molar-refractivity contribution in [2.45, 2.75) is 63.2 Å². The van der Waals surface area contributed by atoms with Crippen LogP contribution < -0.4 is 9.80 Å². The van der Waals surface area contributed by atoms with E-state index in [4.69, 9.17) is 0 Å². The average Bonchev–Trinajstić information content (AvgIpc) is 1.49. The van der Waals surface area contributed by atoms with Crippen molar-refractivity contribution < 1.29 is 0 Å². The van der Waals surface area contributed by atoms with Crippen LogP contribution in [0.25, 0.3) is 87.6 Å². The number of hydrogen-bond donors (Lipinski definition) is 0. The van der Waals surface area contributed by atoms with E-state index in [9.17, 15) is 0 Å². The van der Waals surface area contributed by atoms with E-state index in [-0.39, 0.29) is 10.8 Å². The largest absolute Gasteiger partial charge is 0.310 e. The summed E-state index contributed by atoms with van der Waals surface area (Å²) in [7, 11) is 0. The van der Waals surface area contributed by atoms with Crippen LogP contribution in [-0.4, -0.2) is 0 Å². The van der Waals surface area contributed by atoms with Gasteiger partial charge < -0.3 is 9.80 Å². The van der Waals surface area contributed by atoms with Gasteiger partial charge in [0.2, 0.25) is 0 Å². The Balaban J connectivity index is 0.955. The van der Waals surface area contributed by atoms with E-state index in [0.717, 1.165) is 34.1 Å². The fourth-order valence-electron chi connectivity index (χ4n) is 17.4. The second-order valence-corrected chi connectivity index (χ2v) is 26.5. The molecular weight excluding hydrogens is 1060 g/mol. The van der Waals surface area contributed by atoms with Crippen molar-refractivity contribution in [1.82, 2.24) is 0 Å². The van der Waals surface area contributed by atoms with Gasteiger partial charge in [-0.2, -0.15) is 0 Å². The molecule has 0 bridgehead atoms. The summed E-state index contributed by atoms with van der Waals surface area (Å²) in [6, 6.07) is 107. The third-order valence-electron chi connectivity index (χ3n) is 21.7. The van der Waals surface area contributed by atoms with Gasteiger partial charge in [-0.3, -0.25) is 0 Å². The predicted molar refractivity (Wildman–Crippen MR) is 371 cm³/mol. The highest BCUT2D eigenvalue weighted by molar-refractivity contribution is 6.18. The number of para-hydroxylation sites is 2. The van der Waals surface area contributed by atoms with Gasteiger partial charge in [0.05, 0.1) is 11.4 Å². The molecule has 0 amide bonds. The first-order valence-electron chi connectivity index (χ1n) is 31.3. The number of rotatable bonds is 7. The second-order valence-electron chi connectivity index (χ2n) is 26.5. The predicted octanol–water partition coefficient (Wildman–Crippen LogP) is 23.1. The third-order valence-corrected chi connectivity index (χ3v) is 21.7. The van der Waals surface area contributed by atoms with Crippen molar-refractivity contribution >= 4 is 77.2 Å². The molecule has 4 aliphatic rings. The van der Waals surface area contributed by atoms with E-state index in [2.05, 4.69) is 330 Å². The fourth-order valence-corrected chi connectivity index (χ4v) is 17.4. The Morgan fingerprint density at radius 3 is 0.966 bits per heavy atom. The molecule has 4 aliphatic carbocycles. The molecule has 0 radical (unpaired) electrons. The first-order valence-corrected chi connectivity index (χ1v) is 31.3. The maximum absolute atomic E-state index is 2.64. The minimum absolute atomic E-state index is 0.185. The number of nitrogens with zero attached hydrogens (tertiary/aromatic N) is 2. The number of anilines is 6. The Bertz CT molecular complexity index is 4990. The van der Waals surface area contributed by atoms with E-state index < -0.39 is 10.8 Å². The van der Waals surface area contributed by atoms with Crippen molar-refractivity contribution in [2.75, 3.05) is 9.80 Å². The number of benzene rings is 14. The molecule has 0 heterocycles. The molecule has 0 saturated carbocycles. The van der Waals surface area contributed by atoms with Gasteiger partial charge in [0.15, 0.2) is 0 Å². The van der Waals surface area contributed by atoms with Crippen LogP contribution in [-0.2, 0) is 21.7 Å². The molecule has 2 nitrogen and oxygen atoms in total. The molecule has 0 N–H and O–H groups in total. The highest BCUT2D eigenvalue weighted by atomic mass is 15.2. The smallest absolute Gasteiger partial charge is 0.0543 e. The van der Waals surface area contributed by atoms with Crippen LogP contribution in [0.1, 0.15) is 86.1 Å². The van der Waals surface area contributed by atoms with Gasteiger partial charge in [0.25, 0.3) is 0 Å². The van der Waals surface area contributed by atoms with E-state index in [1.54, 1.807) is 0 Å². The van der Waals surface area contributed by atoms with Crippen molar-refractivity contribution in [3.05, 3.63) is 324 Å². The lowest BCUT2D eigenvalue weighted by Crippen LogP contribution is -2.44. The zero-order chi connectivity index (χ0) is 59.0. The van der Waals surface area contributed by atoms with Crippen LogP contribution >= 0.6 is 0 Å². The zero-order valence-corrected chi connectivity index (χ0v) is 50.5. The average molecular weight is 1130 g/mol. The van der Waals surface area contributed by atoms with Gasteiger partial charge in [-0.05, 0) is 182 Å². The van der Waals surface area contributed by atoms with Gasteiger partial charge in [0, 0.05) is 55.2 Å². The maximum Gasteiger partial charge on any atom is 0.0543 e. The highest BCUT2D eigenvalue weighted by Crippen LogP contribution is 2.69. The van der Waals surface area contributed by atoms with E-state index in [0.29, 0.717) is 0 Å². The summed E-state index contributed by atoms with van der Waals surface area (Å²) in [6.45, 7) is 14.8. The normalized spacial score (nSPS) is 17.5. The van der Waals surface area contributed by atoms with Crippen LogP contribution in [0.15, 0.2) is 279 Å². The van der Waals surface area contributed by atoms with Crippen molar-refractivity contribution in [3.63, 3.8) is 0 Å². The van der Waals surface area contributed by atoms with Crippen LogP contribution in [0.2, 0.25) is 0 Å². The summed E-state index contributed by atoms with van der Waals surface area (Å²) in [5, 5.41) is 9.98. The Hall–Kier alpha value is -10.3. The Labute approximate surface area is 515 Å². The molecule has 0 aromatic heterocycles. The monoisotopic (exact) mass is 1120 g/mol. The van der Waals surface area contributed by atoms with Crippen molar-refractivity contribution in [1.29, 1.82) is 0 Å². The van der Waals surface area contributed by atoms with E-state index in [1.807, 2.05) is 0 Å². The summed E-state index contributed by atoms with van der Waals surface area (Å²) in [5.41, 5.74) is 26.5. The topological polar surface area (TPSA) is 6.48 Å². The molecule has 18 rings (SSSR count). The minimum atomic E-state index is -0.673. The minimum Gasteiger partial charge on any atom is -0.310 e. The molecule has 88 heavy (non-hydrogen) atoms. The second kappa shape index (κ2) is 18.1. The third kappa shape index (κ3) is 6.62. The molecule has 418 valence electrons. The SMILES string of the molecule is CC1(C)c2ccccc2-c2ccc(N(c3ccccc3)c3cc4c(c5ccccc35)-c3c(ccc5ccccc35)C4(C)C3(C)c4ccc5ccccc5c4-c4c3cc(N(c3ccccc3)c3ccc5c(c3)C(C)(C)c3ccccc3-5)c3ccccc43)cc21. The standard InChI is InChI=1S/C86H64N2/c1-83(2)69-39-23-21-33-61(69)63-45-43-57(49-73(63)83)87(55-27-9-7-10-28-55)77-51-75-81(67-37-19-17-35-65(67)77)79-59-31-15-13-25-53(59)41-47-71(79)85(75,5)86(6)72-48-42-54-26-14-16-32-60(54)80(72)82-68-38-20-18-36-66(68)78(52-76(82)86)88(56-29-11-8-12-30-56)58-44-46-64-62-34-22-24-40-70(62)84(3,4)74(64)50-58/h7-52H,1-6H3. The highest BCUT2D eigenvalue weighted by Gasteiger charge is 2.59. The number of hydrogen-bond acceptors (Lipinski definition) is 2. The zero-order valence-electron chi connectivity index (χ0n) is 50.5. The van der Waals surface area contributed by atoms with Gasteiger partial charge in [0.1, 0.15) is 0 Å². The van der Waals surface area contributed by atoms with Crippen LogP contribution in [0.3, 0.4) is 0 Å². The number of fused-ring (bicyclic) bond motifs is 20. The summed E-state index contributed by atoms with van der Waals surface area (Å²) in [4.78, 5) is 5.13. The van der Waals surface area contributed by atoms with Gasteiger partial charge in [-0.15, -0.1) is 0 Å². The summed E-state index contributed by atoms with van der Waals surface area (Å²) in [5.74, 6) is 0. The first-order chi connectivity index (χ1) is 43.0. The van der Waals surface area contributed by atoms with Crippen LogP contribution in [0.4, 0.5) is 34.1 Å². The lowest BCUT2D eigenvalue weighted by molar-refractivity contribution is 0.376. The molecule has 0 spiro atoms. The Morgan fingerprint density at radius 1 is 0.216 bits per heavy atom. The molecular formula is C86H64N2. The molecule has 2 unspecified atom stereocenters. The maximum atomic E-state index is 2.64. The van der Waals surface area contributed by atoms with Gasteiger partial charge in [-0.25, -0.2) is 0 Å². The summed E-state index contributed by atoms with van der Waals surface area (Å²) < 4.78 is 0. The molecule has 14 aromatic carbocycles. The molecule has 0 saturated heterocycles. The van der Waals surface area contributed by atoms with Crippen molar-refractivity contribution in [2.24, 2.45) is 0 Å². The van der Waals surface area contributed by atoms with Crippen LogP contribution in [0, 0.1) is 0 Å². The van der Waals surface area contributed by atoms with Gasteiger partial charge in [-0.1, -0.05) is 260 Å². The lowest BCUT2D eigenvalue weighted by Gasteiger charge is -2.46. The summed E-state index contributed by atoms with van der Waals surface area (Å²) >= 11 is 0. The van der Waals surface area contributed by atoms with Gasteiger partial charge >= 0.3 is 0 Å². The quantitative estimate of drug-likeness (QED) is 0.157. The molecule has 2 atom stereocenters. The molecule has 14 aromatic rings. The Morgan fingerprint density at radius 2 is 0.545 bits per heavy atom. The summed E-state index contributed by atoms with van der Waals surface area (Å²) in [6.07, 6.45) is 0. The Kier molecular flexibility index (Phi) is 10.5. The van der Waals surface area contributed by atoms with Crippen LogP contribution in [0.5, 0.6) is 0 Å². The molecule has 2 heteroatoms. The van der Waals surface area contributed by atoms with E-state index in [1.165, 1.54) is 132 Å². The first kappa shape index (κ1) is 51.0. The molecule has 0 aliphatic heterocycles.